The minimum absolute atomic E-state index is 0.0733. The Morgan fingerprint density at radius 2 is 1.67 bits per heavy atom. The number of aromatic amines is 1. The smallest absolute Gasteiger partial charge is 0.285 e. The molecule has 0 saturated carbocycles. The number of hydrogen-bond donors (Lipinski definition) is 1. The van der Waals surface area contributed by atoms with Crippen molar-refractivity contribution in [1.82, 2.24) is 14.5 Å². The Hall–Kier alpha value is -2.68. The fourth-order valence-corrected chi connectivity index (χ4v) is 4.10. The van der Waals surface area contributed by atoms with Gasteiger partial charge in [0.25, 0.3) is 17.4 Å². The summed E-state index contributed by atoms with van der Waals surface area (Å²) in [6.45, 7) is 3.89. The maximum Gasteiger partial charge on any atom is 0.329 e. The molecule has 0 spiro atoms. The van der Waals surface area contributed by atoms with Crippen LogP contribution >= 0.6 is 11.8 Å². The van der Waals surface area contributed by atoms with Crippen LogP contribution in [-0.4, -0.2) is 38.1 Å². The molecule has 1 aliphatic rings. The number of carbonyl (C=O) groups excluding carboxylic acids is 2. The van der Waals surface area contributed by atoms with Gasteiger partial charge in [-0.25, -0.2) is 4.79 Å². The number of halogens is 1. The fourth-order valence-electron chi connectivity index (χ4n) is 2.94. The molecule has 3 rings (SSSR count). The third-order valence-corrected chi connectivity index (χ3v) is 5.46. The van der Waals surface area contributed by atoms with Crippen LogP contribution < -0.4 is 11.2 Å². The van der Waals surface area contributed by atoms with Crippen molar-refractivity contribution in [3.8, 4) is 0 Å². The first-order valence-electron chi connectivity index (χ1n) is 8.41. The van der Waals surface area contributed by atoms with Crippen molar-refractivity contribution in [3.05, 3.63) is 68.2 Å². The molecule has 0 saturated heterocycles. The summed E-state index contributed by atoms with van der Waals surface area (Å²) in [6.07, 6.45) is 1.10. The van der Waals surface area contributed by atoms with Gasteiger partial charge < -0.3 is 0 Å². The van der Waals surface area contributed by atoms with Gasteiger partial charge in [-0.1, -0.05) is 26.0 Å². The molecule has 27 heavy (non-hydrogen) atoms. The van der Waals surface area contributed by atoms with E-state index in [4.69, 9.17) is 0 Å². The summed E-state index contributed by atoms with van der Waals surface area (Å²) in [5, 5.41) is -0.452. The monoisotopic (exact) mass is 391 g/mol. The molecule has 1 aromatic carbocycles. The lowest BCUT2D eigenvalue weighted by molar-refractivity contribution is 0.0650. The molecule has 2 aromatic rings. The Labute approximate surface area is 158 Å². The van der Waals surface area contributed by atoms with Gasteiger partial charge in [0, 0.05) is 11.8 Å². The number of benzene rings is 1. The average molecular weight is 391 g/mol. The molecule has 1 unspecified atom stereocenters. The van der Waals surface area contributed by atoms with Crippen molar-refractivity contribution in [2.45, 2.75) is 30.9 Å². The molecule has 0 aliphatic carbocycles. The lowest BCUT2D eigenvalue weighted by atomic mass is 10.1. The van der Waals surface area contributed by atoms with Crippen LogP contribution in [0.3, 0.4) is 0 Å². The van der Waals surface area contributed by atoms with Crippen LogP contribution in [0.4, 0.5) is 4.39 Å². The molecule has 0 bridgehead atoms. The van der Waals surface area contributed by atoms with E-state index in [9.17, 15) is 23.6 Å². The molecule has 0 fully saturated rings. The number of thioether (sulfide) groups is 1. The highest BCUT2D eigenvalue weighted by Gasteiger charge is 2.35. The van der Waals surface area contributed by atoms with E-state index in [1.807, 2.05) is 18.8 Å². The number of nitrogens with one attached hydrogen (secondary N) is 1. The molecule has 7 nitrogen and oxygen atoms in total. The van der Waals surface area contributed by atoms with Crippen LogP contribution in [-0.2, 0) is 0 Å². The molecular formula is C18H18FN3O4S. The van der Waals surface area contributed by atoms with Gasteiger partial charge >= 0.3 is 5.69 Å². The van der Waals surface area contributed by atoms with Gasteiger partial charge in [-0.15, -0.1) is 11.8 Å². The van der Waals surface area contributed by atoms with E-state index >= 15 is 0 Å². The second-order valence-corrected chi connectivity index (χ2v) is 8.14. The molecule has 2 heterocycles. The van der Waals surface area contributed by atoms with Crippen LogP contribution in [0.1, 0.15) is 46.4 Å². The quantitative estimate of drug-likeness (QED) is 0.761. The largest absolute Gasteiger partial charge is 0.329 e. The van der Waals surface area contributed by atoms with E-state index in [2.05, 4.69) is 0 Å². The molecule has 9 heteroatoms. The van der Waals surface area contributed by atoms with Crippen molar-refractivity contribution in [2.24, 2.45) is 0 Å². The first-order valence-corrected chi connectivity index (χ1v) is 9.35. The van der Waals surface area contributed by atoms with E-state index in [0.717, 1.165) is 15.7 Å². The van der Waals surface area contributed by atoms with Crippen LogP contribution in [0.25, 0.3) is 0 Å². The van der Waals surface area contributed by atoms with Crippen molar-refractivity contribution in [1.29, 1.82) is 0 Å². The Balaban J connectivity index is 1.84. The molecule has 2 amide bonds. The number of aromatic nitrogens is 2. The van der Waals surface area contributed by atoms with Crippen LogP contribution in [0.15, 0.2) is 40.1 Å². The number of hydrogen-bond acceptors (Lipinski definition) is 5. The Morgan fingerprint density at radius 1 is 1.07 bits per heavy atom. The molecule has 1 N–H and O–H groups in total. The number of H-pyrrole nitrogens is 1. The Bertz CT molecular complexity index is 979. The minimum atomic E-state index is -1.08. The number of imide groups is 1. The van der Waals surface area contributed by atoms with E-state index in [-0.39, 0.29) is 30.0 Å². The number of amides is 2. The zero-order chi connectivity index (χ0) is 19.7. The number of rotatable bonds is 6. The standard InChI is InChI=1S/C18H18FN3O4S/c1-10(2)27-14(22-9-13(19)15(23)20-18(22)26)7-8-21-16(24)11-5-3-4-6-12(11)17(21)25/h3-6,9-10,14H,7-8H2,1-2H3,(H,20,23,26). The number of fused-ring (bicyclic) bond motifs is 1. The van der Waals surface area contributed by atoms with Gasteiger partial charge in [0.2, 0.25) is 5.82 Å². The van der Waals surface area contributed by atoms with Crippen LogP contribution in [0, 0.1) is 5.82 Å². The third-order valence-electron chi connectivity index (χ3n) is 4.14. The molecule has 142 valence electrons. The lowest BCUT2D eigenvalue weighted by Crippen LogP contribution is -2.36. The summed E-state index contributed by atoms with van der Waals surface area (Å²) >= 11 is 1.38. The summed E-state index contributed by atoms with van der Waals surface area (Å²) < 4.78 is 14.8. The predicted molar refractivity (Wildman–Crippen MR) is 99.5 cm³/mol. The Kier molecular flexibility index (Phi) is 5.31. The zero-order valence-electron chi connectivity index (χ0n) is 14.8. The summed E-state index contributed by atoms with van der Waals surface area (Å²) in [5.74, 6) is -1.84. The highest BCUT2D eigenvalue weighted by molar-refractivity contribution is 7.99. The maximum atomic E-state index is 13.7. The summed E-state index contributed by atoms with van der Waals surface area (Å²) in [6, 6.07) is 6.57. The fraction of sp³-hybridized carbons (Fsp3) is 0.333. The van der Waals surface area contributed by atoms with Gasteiger partial charge in [0.15, 0.2) is 0 Å². The van der Waals surface area contributed by atoms with E-state index < -0.39 is 22.4 Å². The van der Waals surface area contributed by atoms with Gasteiger partial charge in [-0.2, -0.15) is 4.39 Å². The van der Waals surface area contributed by atoms with E-state index in [1.54, 1.807) is 24.3 Å². The van der Waals surface area contributed by atoms with Gasteiger partial charge in [-0.3, -0.25) is 28.8 Å². The van der Waals surface area contributed by atoms with Crippen LogP contribution in [0.2, 0.25) is 0 Å². The second-order valence-electron chi connectivity index (χ2n) is 6.38. The topological polar surface area (TPSA) is 92.2 Å². The first kappa shape index (κ1) is 19.1. The first-order chi connectivity index (χ1) is 12.8. The predicted octanol–water partition coefficient (Wildman–Crippen LogP) is 2.00. The number of nitrogens with zero attached hydrogens (tertiary/aromatic N) is 2. The molecule has 0 radical (unpaired) electrons. The Morgan fingerprint density at radius 3 is 2.22 bits per heavy atom. The van der Waals surface area contributed by atoms with Crippen molar-refractivity contribution < 1.29 is 14.0 Å². The van der Waals surface area contributed by atoms with Gasteiger partial charge in [-0.05, 0) is 18.6 Å². The average Bonchev–Trinajstić information content (AvgIpc) is 2.86. The van der Waals surface area contributed by atoms with Gasteiger partial charge in [0.05, 0.1) is 22.7 Å². The highest BCUT2D eigenvalue weighted by atomic mass is 32.2. The van der Waals surface area contributed by atoms with Crippen LogP contribution in [0.5, 0.6) is 0 Å². The van der Waals surface area contributed by atoms with Gasteiger partial charge in [0.1, 0.15) is 0 Å². The summed E-state index contributed by atoms with van der Waals surface area (Å²) in [4.78, 5) is 51.4. The molecule has 1 aromatic heterocycles. The highest BCUT2D eigenvalue weighted by Crippen LogP contribution is 2.31. The lowest BCUT2D eigenvalue weighted by Gasteiger charge is -2.23. The van der Waals surface area contributed by atoms with Crippen molar-refractivity contribution >= 4 is 23.6 Å². The molecular weight excluding hydrogens is 373 g/mol. The van der Waals surface area contributed by atoms with E-state index in [0.29, 0.717) is 11.1 Å². The zero-order valence-corrected chi connectivity index (χ0v) is 15.6. The van der Waals surface area contributed by atoms with E-state index in [1.165, 1.54) is 11.8 Å². The van der Waals surface area contributed by atoms with Crippen molar-refractivity contribution in [2.75, 3.05) is 6.54 Å². The third kappa shape index (κ3) is 3.73. The molecule has 1 atom stereocenters. The van der Waals surface area contributed by atoms with Crippen molar-refractivity contribution in [3.63, 3.8) is 0 Å². The summed E-state index contributed by atoms with van der Waals surface area (Å²) in [7, 11) is 0. The summed E-state index contributed by atoms with van der Waals surface area (Å²) in [5.41, 5.74) is -1.11. The second kappa shape index (κ2) is 7.51. The minimum Gasteiger partial charge on any atom is -0.285 e. The number of carbonyl (C=O) groups is 2. The SMILES string of the molecule is CC(C)SC(CCN1C(=O)c2ccccc2C1=O)n1cc(F)c(=O)[nH]c1=O. The molecule has 1 aliphatic heterocycles. The normalized spacial score (nSPS) is 14.7. The maximum absolute atomic E-state index is 13.7.